The summed E-state index contributed by atoms with van der Waals surface area (Å²) in [4.78, 5) is 0. The van der Waals surface area contributed by atoms with Crippen LogP contribution in [0.15, 0.2) is 66.3 Å². The number of tetrazole rings is 1. The SMILES string of the molecule is C=CCOc1ccc(CNCCCSc2nnnn2-c2ccccc2)cc1OCC. The average Bonchev–Trinajstić information content (AvgIpc) is 3.25. The van der Waals surface area contributed by atoms with E-state index in [1.807, 2.05) is 49.4 Å². The summed E-state index contributed by atoms with van der Waals surface area (Å²) in [5.74, 6) is 2.44. The van der Waals surface area contributed by atoms with E-state index in [1.54, 1.807) is 22.5 Å². The number of ether oxygens (including phenoxy) is 2. The van der Waals surface area contributed by atoms with Crippen molar-refractivity contribution in [2.24, 2.45) is 0 Å². The van der Waals surface area contributed by atoms with Crippen LogP contribution >= 0.6 is 11.8 Å². The molecule has 7 nitrogen and oxygen atoms in total. The van der Waals surface area contributed by atoms with E-state index in [-0.39, 0.29) is 0 Å². The number of para-hydroxylation sites is 1. The van der Waals surface area contributed by atoms with E-state index < -0.39 is 0 Å². The predicted octanol–water partition coefficient (Wildman–Crippen LogP) is 3.90. The predicted molar refractivity (Wildman–Crippen MR) is 120 cm³/mol. The minimum Gasteiger partial charge on any atom is -0.490 e. The van der Waals surface area contributed by atoms with Gasteiger partial charge < -0.3 is 14.8 Å². The van der Waals surface area contributed by atoms with Crippen LogP contribution in [0.1, 0.15) is 18.9 Å². The van der Waals surface area contributed by atoms with Gasteiger partial charge in [0, 0.05) is 12.3 Å². The lowest BCUT2D eigenvalue weighted by Gasteiger charge is -2.13. The van der Waals surface area contributed by atoms with Gasteiger partial charge in [0.05, 0.1) is 12.3 Å². The first-order chi connectivity index (χ1) is 14.8. The number of benzene rings is 2. The van der Waals surface area contributed by atoms with Crippen molar-refractivity contribution in [2.45, 2.75) is 25.0 Å². The largest absolute Gasteiger partial charge is 0.490 e. The number of hydrogen-bond donors (Lipinski definition) is 1. The first-order valence-corrected chi connectivity index (χ1v) is 11.0. The van der Waals surface area contributed by atoms with Crippen LogP contribution < -0.4 is 14.8 Å². The van der Waals surface area contributed by atoms with Crippen molar-refractivity contribution in [3.05, 3.63) is 66.7 Å². The number of aromatic nitrogens is 4. The van der Waals surface area contributed by atoms with E-state index in [0.29, 0.717) is 13.2 Å². The van der Waals surface area contributed by atoms with E-state index in [2.05, 4.69) is 33.5 Å². The molecule has 0 amide bonds. The van der Waals surface area contributed by atoms with E-state index in [0.717, 1.165) is 53.2 Å². The van der Waals surface area contributed by atoms with Gasteiger partial charge in [-0.05, 0) is 60.1 Å². The van der Waals surface area contributed by atoms with Crippen molar-refractivity contribution in [3.63, 3.8) is 0 Å². The molecule has 1 heterocycles. The molecule has 1 N–H and O–H groups in total. The Morgan fingerprint density at radius 2 is 2.00 bits per heavy atom. The van der Waals surface area contributed by atoms with Crippen LogP contribution in [0.2, 0.25) is 0 Å². The summed E-state index contributed by atoms with van der Waals surface area (Å²) in [6, 6.07) is 15.9. The molecule has 0 unspecified atom stereocenters. The minimum absolute atomic E-state index is 0.461. The Morgan fingerprint density at radius 3 is 2.80 bits per heavy atom. The maximum absolute atomic E-state index is 5.70. The highest BCUT2D eigenvalue weighted by Crippen LogP contribution is 2.28. The Labute approximate surface area is 181 Å². The topological polar surface area (TPSA) is 74.1 Å². The molecule has 0 aliphatic heterocycles. The zero-order valence-corrected chi connectivity index (χ0v) is 18.0. The molecule has 0 saturated carbocycles. The Balaban J connectivity index is 1.42. The smallest absolute Gasteiger partial charge is 0.214 e. The molecule has 0 fully saturated rings. The molecule has 0 aliphatic rings. The zero-order valence-electron chi connectivity index (χ0n) is 17.2. The summed E-state index contributed by atoms with van der Waals surface area (Å²) >= 11 is 1.66. The third-order valence-corrected chi connectivity index (χ3v) is 5.17. The molecule has 158 valence electrons. The number of rotatable bonds is 13. The first-order valence-electron chi connectivity index (χ1n) is 9.98. The molecule has 3 aromatic rings. The molecule has 2 aromatic carbocycles. The molecule has 30 heavy (non-hydrogen) atoms. The Hall–Kier alpha value is -2.84. The van der Waals surface area contributed by atoms with Crippen LogP contribution in [0, 0.1) is 0 Å². The van der Waals surface area contributed by atoms with Crippen molar-refractivity contribution >= 4 is 11.8 Å². The van der Waals surface area contributed by atoms with Gasteiger partial charge in [0.25, 0.3) is 0 Å². The van der Waals surface area contributed by atoms with E-state index in [1.165, 1.54) is 0 Å². The van der Waals surface area contributed by atoms with Crippen molar-refractivity contribution in [1.82, 2.24) is 25.5 Å². The van der Waals surface area contributed by atoms with Crippen molar-refractivity contribution in [3.8, 4) is 17.2 Å². The van der Waals surface area contributed by atoms with Gasteiger partial charge in [-0.1, -0.05) is 48.7 Å². The fourth-order valence-electron chi connectivity index (χ4n) is 2.79. The summed E-state index contributed by atoms with van der Waals surface area (Å²) in [7, 11) is 0. The monoisotopic (exact) mass is 425 g/mol. The Kier molecular flexibility index (Phi) is 8.74. The second-order valence-corrected chi connectivity index (χ2v) is 7.46. The summed E-state index contributed by atoms with van der Waals surface area (Å²) in [5.41, 5.74) is 2.12. The number of nitrogens with zero attached hydrogens (tertiary/aromatic N) is 4. The van der Waals surface area contributed by atoms with Crippen molar-refractivity contribution < 1.29 is 9.47 Å². The molecule has 0 aliphatic carbocycles. The van der Waals surface area contributed by atoms with Gasteiger partial charge in [0.15, 0.2) is 11.5 Å². The molecule has 0 bridgehead atoms. The van der Waals surface area contributed by atoms with Crippen molar-refractivity contribution in [1.29, 1.82) is 0 Å². The van der Waals surface area contributed by atoms with Gasteiger partial charge in [0.1, 0.15) is 6.61 Å². The number of nitrogens with one attached hydrogen (secondary N) is 1. The second kappa shape index (κ2) is 12.0. The summed E-state index contributed by atoms with van der Waals surface area (Å²) in [5, 5.41) is 16.3. The van der Waals surface area contributed by atoms with Crippen LogP contribution in [0.3, 0.4) is 0 Å². The maximum atomic E-state index is 5.70. The normalized spacial score (nSPS) is 10.7. The number of thioether (sulfide) groups is 1. The first kappa shape index (κ1) is 21.9. The highest BCUT2D eigenvalue weighted by atomic mass is 32.2. The highest BCUT2D eigenvalue weighted by Gasteiger charge is 2.09. The summed E-state index contributed by atoms with van der Waals surface area (Å²) < 4.78 is 13.1. The molecular formula is C22H27N5O2S. The third-order valence-electron chi connectivity index (χ3n) is 4.16. The van der Waals surface area contributed by atoms with Crippen LogP contribution in [0.4, 0.5) is 0 Å². The standard InChI is InChI=1S/C22H27N5O2S/c1-3-14-29-20-12-11-18(16-21(20)28-4-2)17-23-13-8-15-30-22-24-25-26-27(22)19-9-6-5-7-10-19/h3,5-7,9-12,16,23H,1,4,8,13-15,17H2,2H3. The summed E-state index contributed by atoms with van der Waals surface area (Å²) in [6.45, 7) is 8.38. The van der Waals surface area contributed by atoms with E-state index >= 15 is 0 Å². The van der Waals surface area contributed by atoms with Gasteiger partial charge in [-0.2, -0.15) is 4.68 Å². The number of hydrogen-bond acceptors (Lipinski definition) is 7. The molecule has 0 saturated heterocycles. The van der Waals surface area contributed by atoms with Crippen LogP contribution in [0.25, 0.3) is 5.69 Å². The minimum atomic E-state index is 0.461. The molecule has 3 rings (SSSR count). The zero-order chi connectivity index (χ0) is 21.0. The van der Waals surface area contributed by atoms with Gasteiger partial charge in [0.2, 0.25) is 5.16 Å². The summed E-state index contributed by atoms with van der Waals surface area (Å²) in [6.07, 6.45) is 2.73. The molecular weight excluding hydrogens is 398 g/mol. The lowest BCUT2D eigenvalue weighted by atomic mass is 10.2. The molecule has 1 aromatic heterocycles. The lowest BCUT2D eigenvalue weighted by Crippen LogP contribution is -2.15. The van der Waals surface area contributed by atoms with Gasteiger partial charge in [-0.15, -0.1) is 5.10 Å². The van der Waals surface area contributed by atoms with E-state index in [4.69, 9.17) is 9.47 Å². The molecule has 0 radical (unpaired) electrons. The highest BCUT2D eigenvalue weighted by molar-refractivity contribution is 7.99. The Morgan fingerprint density at radius 1 is 1.13 bits per heavy atom. The van der Waals surface area contributed by atoms with Gasteiger partial charge in [-0.3, -0.25) is 0 Å². The third kappa shape index (κ3) is 6.33. The molecule has 0 spiro atoms. The fourth-order valence-corrected chi connectivity index (χ4v) is 3.62. The Bertz CT molecular complexity index is 917. The van der Waals surface area contributed by atoms with Crippen LogP contribution in [-0.2, 0) is 6.54 Å². The fraction of sp³-hybridized carbons (Fsp3) is 0.318. The maximum Gasteiger partial charge on any atom is 0.214 e. The second-order valence-electron chi connectivity index (χ2n) is 6.40. The quantitative estimate of drug-likeness (QED) is 0.253. The van der Waals surface area contributed by atoms with Crippen LogP contribution in [0.5, 0.6) is 11.5 Å². The lowest BCUT2D eigenvalue weighted by molar-refractivity contribution is 0.296. The molecule has 0 atom stereocenters. The van der Waals surface area contributed by atoms with Gasteiger partial charge >= 0.3 is 0 Å². The molecule has 8 heteroatoms. The van der Waals surface area contributed by atoms with Crippen LogP contribution in [-0.4, -0.2) is 45.7 Å². The average molecular weight is 426 g/mol. The van der Waals surface area contributed by atoms with E-state index in [9.17, 15) is 0 Å². The van der Waals surface area contributed by atoms with Crippen molar-refractivity contribution in [2.75, 3.05) is 25.5 Å². The van der Waals surface area contributed by atoms with Gasteiger partial charge in [-0.25, -0.2) is 0 Å².